The van der Waals surface area contributed by atoms with E-state index in [4.69, 9.17) is 9.26 Å². The summed E-state index contributed by atoms with van der Waals surface area (Å²) in [4.78, 5) is 15.8. The molecule has 0 saturated carbocycles. The lowest BCUT2D eigenvalue weighted by atomic mass is 10.1. The minimum atomic E-state index is -0.207. The lowest BCUT2D eigenvalue weighted by Gasteiger charge is -2.05. The van der Waals surface area contributed by atoms with Gasteiger partial charge in [-0.05, 0) is 42.3 Å². The fourth-order valence-electron chi connectivity index (χ4n) is 3.10. The predicted octanol–water partition coefficient (Wildman–Crippen LogP) is 3.80. The number of H-pyrrole nitrogens is 1. The first-order chi connectivity index (χ1) is 13.3. The minimum Gasteiger partial charge on any atom is -0.497 e. The molecule has 6 heteroatoms. The van der Waals surface area contributed by atoms with Gasteiger partial charge in [0.2, 0.25) is 0 Å². The van der Waals surface area contributed by atoms with Gasteiger partial charge in [-0.3, -0.25) is 4.79 Å². The molecule has 0 unspecified atom stereocenters. The van der Waals surface area contributed by atoms with Crippen LogP contribution in [0, 0.1) is 0 Å². The van der Waals surface area contributed by atoms with Crippen molar-refractivity contribution in [2.75, 3.05) is 13.7 Å². The van der Waals surface area contributed by atoms with Gasteiger partial charge in [0.05, 0.1) is 13.3 Å². The Labute approximate surface area is 156 Å². The number of carbonyl (C=O) groups is 1. The largest absolute Gasteiger partial charge is 0.497 e. The Morgan fingerprint density at radius 3 is 2.81 bits per heavy atom. The zero-order chi connectivity index (χ0) is 18.6. The molecule has 0 aliphatic rings. The highest BCUT2D eigenvalue weighted by Crippen LogP contribution is 2.25. The molecule has 27 heavy (non-hydrogen) atoms. The molecule has 0 radical (unpaired) electrons. The summed E-state index contributed by atoms with van der Waals surface area (Å²) in [5.41, 5.74) is 3.46. The highest BCUT2D eigenvalue weighted by atomic mass is 16.5. The topological polar surface area (TPSA) is 80.2 Å². The first kappa shape index (κ1) is 16.9. The van der Waals surface area contributed by atoms with Gasteiger partial charge in [0, 0.05) is 29.2 Å². The Morgan fingerprint density at radius 2 is 2.00 bits per heavy atom. The number of nitrogens with one attached hydrogen (secondary N) is 2. The molecule has 4 rings (SSSR count). The number of amides is 1. The van der Waals surface area contributed by atoms with Crippen LogP contribution < -0.4 is 10.1 Å². The average Bonchev–Trinajstić information content (AvgIpc) is 3.36. The number of aromatic amines is 1. The van der Waals surface area contributed by atoms with Crippen molar-refractivity contribution in [3.8, 4) is 17.1 Å². The standard InChI is InChI=1S/C21H19N3O3/c1-26-16-8-6-14(7-9-16)20-18(13-24-27-20)21(25)22-11-10-15-12-23-19-5-3-2-4-17(15)19/h2-9,12-13,23H,10-11H2,1H3,(H,22,25). The van der Waals surface area contributed by atoms with Gasteiger partial charge in [0.25, 0.3) is 5.91 Å². The molecule has 2 N–H and O–H groups in total. The molecule has 0 aliphatic heterocycles. The molecule has 2 aromatic carbocycles. The number of ether oxygens (including phenoxy) is 1. The first-order valence-corrected chi connectivity index (χ1v) is 8.68. The smallest absolute Gasteiger partial charge is 0.256 e. The van der Waals surface area contributed by atoms with E-state index < -0.39 is 0 Å². The second-order valence-corrected chi connectivity index (χ2v) is 6.16. The van der Waals surface area contributed by atoms with Crippen LogP contribution in [0.25, 0.3) is 22.2 Å². The van der Waals surface area contributed by atoms with Crippen molar-refractivity contribution in [3.63, 3.8) is 0 Å². The normalized spacial score (nSPS) is 10.9. The van der Waals surface area contributed by atoms with Crippen LogP contribution in [-0.4, -0.2) is 29.7 Å². The Kier molecular flexibility index (Phi) is 4.61. The lowest BCUT2D eigenvalue weighted by molar-refractivity contribution is 0.0954. The molecule has 4 aromatic rings. The van der Waals surface area contributed by atoms with E-state index in [0.29, 0.717) is 17.9 Å². The predicted molar refractivity (Wildman–Crippen MR) is 103 cm³/mol. The molecule has 0 saturated heterocycles. The van der Waals surface area contributed by atoms with E-state index in [9.17, 15) is 4.79 Å². The molecular weight excluding hydrogens is 342 g/mol. The number of nitrogens with zero attached hydrogens (tertiary/aromatic N) is 1. The van der Waals surface area contributed by atoms with E-state index in [1.165, 1.54) is 17.1 Å². The van der Waals surface area contributed by atoms with Gasteiger partial charge in [-0.1, -0.05) is 23.4 Å². The summed E-state index contributed by atoms with van der Waals surface area (Å²) in [7, 11) is 1.61. The molecule has 0 spiro atoms. The van der Waals surface area contributed by atoms with Crippen LogP contribution in [0.15, 0.2) is 65.4 Å². The number of para-hydroxylation sites is 1. The lowest BCUT2D eigenvalue weighted by Crippen LogP contribution is -2.25. The molecule has 2 aromatic heterocycles. The Balaban J connectivity index is 1.44. The van der Waals surface area contributed by atoms with Crippen LogP contribution >= 0.6 is 0 Å². The van der Waals surface area contributed by atoms with Crippen LogP contribution in [0.5, 0.6) is 5.75 Å². The molecule has 0 bridgehead atoms. The van der Waals surface area contributed by atoms with E-state index in [0.717, 1.165) is 23.3 Å². The van der Waals surface area contributed by atoms with Crippen molar-refractivity contribution in [2.24, 2.45) is 0 Å². The van der Waals surface area contributed by atoms with Crippen molar-refractivity contribution >= 4 is 16.8 Å². The number of benzene rings is 2. The van der Waals surface area contributed by atoms with E-state index in [-0.39, 0.29) is 5.91 Å². The zero-order valence-electron chi connectivity index (χ0n) is 14.9. The maximum absolute atomic E-state index is 12.6. The van der Waals surface area contributed by atoms with Crippen LogP contribution in [0.3, 0.4) is 0 Å². The average molecular weight is 361 g/mol. The van der Waals surface area contributed by atoms with E-state index in [1.54, 1.807) is 7.11 Å². The third kappa shape index (κ3) is 3.42. The highest BCUT2D eigenvalue weighted by molar-refractivity contribution is 5.99. The monoisotopic (exact) mass is 361 g/mol. The minimum absolute atomic E-state index is 0.207. The summed E-state index contributed by atoms with van der Waals surface area (Å²) in [5, 5.41) is 7.91. The van der Waals surface area contributed by atoms with Crippen LogP contribution in [-0.2, 0) is 6.42 Å². The summed E-state index contributed by atoms with van der Waals surface area (Å²) in [6.07, 6.45) is 4.17. The van der Waals surface area contributed by atoms with E-state index in [2.05, 4.69) is 21.5 Å². The highest BCUT2D eigenvalue weighted by Gasteiger charge is 2.17. The maximum atomic E-state index is 12.6. The van der Waals surface area contributed by atoms with Crippen molar-refractivity contribution in [2.45, 2.75) is 6.42 Å². The van der Waals surface area contributed by atoms with Crippen LogP contribution in [0.1, 0.15) is 15.9 Å². The van der Waals surface area contributed by atoms with Crippen LogP contribution in [0.2, 0.25) is 0 Å². The summed E-state index contributed by atoms with van der Waals surface area (Å²) >= 11 is 0. The molecule has 1 amide bonds. The molecule has 2 heterocycles. The summed E-state index contributed by atoms with van der Waals surface area (Å²) in [6, 6.07) is 15.4. The summed E-state index contributed by atoms with van der Waals surface area (Å²) in [5.74, 6) is 0.979. The molecule has 0 atom stereocenters. The van der Waals surface area contributed by atoms with Gasteiger partial charge in [-0.25, -0.2) is 0 Å². The van der Waals surface area contributed by atoms with Crippen LogP contribution in [0.4, 0.5) is 0 Å². The Morgan fingerprint density at radius 1 is 1.19 bits per heavy atom. The summed E-state index contributed by atoms with van der Waals surface area (Å²) in [6.45, 7) is 0.522. The number of hydrogen-bond acceptors (Lipinski definition) is 4. The number of fused-ring (bicyclic) bond motifs is 1. The van der Waals surface area contributed by atoms with Gasteiger partial charge in [0.1, 0.15) is 11.3 Å². The second-order valence-electron chi connectivity index (χ2n) is 6.16. The molecule has 0 fully saturated rings. The second kappa shape index (κ2) is 7.37. The SMILES string of the molecule is COc1ccc(-c2oncc2C(=O)NCCc2c[nH]c3ccccc23)cc1. The van der Waals surface area contributed by atoms with E-state index in [1.807, 2.05) is 48.7 Å². The number of aromatic nitrogens is 2. The van der Waals surface area contributed by atoms with Gasteiger partial charge in [-0.2, -0.15) is 0 Å². The quantitative estimate of drug-likeness (QED) is 0.547. The fraction of sp³-hybridized carbons (Fsp3) is 0.143. The third-order valence-corrected chi connectivity index (χ3v) is 4.52. The molecule has 136 valence electrons. The van der Waals surface area contributed by atoms with Gasteiger partial charge in [0.15, 0.2) is 5.76 Å². The maximum Gasteiger partial charge on any atom is 0.256 e. The molecule has 6 nitrogen and oxygen atoms in total. The van der Waals surface area contributed by atoms with Crippen molar-refractivity contribution in [3.05, 3.63) is 72.1 Å². The Bertz CT molecular complexity index is 1060. The fourth-order valence-corrected chi connectivity index (χ4v) is 3.10. The number of hydrogen-bond donors (Lipinski definition) is 2. The number of carbonyl (C=O) groups excluding carboxylic acids is 1. The van der Waals surface area contributed by atoms with Crippen molar-refractivity contribution in [1.82, 2.24) is 15.5 Å². The first-order valence-electron chi connectivity index (χ1n) is 8.68. The Hall–Kier alpha value is -3.54. The van der Waals surface area contributed by atoms with Gasteiger partial charge < -0.3 is 19.6 Å². The molecular formula is C21H19N3O3. The van der Waals surface area contributed by atoms with Gasteiger partial charge >= 0.3 is 0 Å². The van der Waals surface area contributed by atoms with Crippen molar-refractivity contribution < 1.29 is 14.1 Å². The molecule has 0 aliphatic carbocycles. The zero-order valence-corrected chi connectivity index (χ0v) is 14.9. The third-order valence-electron chi connectivity index (χ3n) is 4.52. The van der Waals surface area contributed by atoms with E-state index >= 15 is 0 Å². The van der Waals surface area contributed by atoms with Gasteiger partial charge in [-0.15, -0.1) is 0 Å². The number of rotatable bonds is 6. The number of methoxy groups -OCH3 is 1. The summed E-state index contributed by atoms with van der Waals surface area (Å²) < 4.78 is 10.5. The van der Waals surface area contributed by atoms with Crippen molar-refractivity contribution in [1.29, 1.82) is 0 Å².